The third kappa shape index (κ3) is 7.23. The monoisotopic (exact) mass is 776 g/mol. The molecule has 0 aliphatic heterocycles. The van der Waals surface area contributed by atoms with Crippen LogP contribution < -0.4 is 11.5 Å². The van der Waals surface area contributed by atoms with Gasteiger partial charge in [0.25, 0.3) is 0 Å². The number of benzene rings is 2. The molecule has 292 valence electrons. The van der Waals surface area contributed by atoms with Crippen molar-refractivity contribution < 1.29 is 13.8 Å². The number of carbonyl (C=O) groups is 1. The fourth-order valence-electron chi connectivity index (χ4n) is 7.69. The number of nitrogens with two attached hydrogens (primary N) is 2. The molecular weight excluding hydrogens is 728 g/mol. The molecule has 0 unspecified atom stereocenters. The Morgan fingerprint density at radius 3 is 1.62 bits per heavy atom. The zero-order chi connectivity index (χ0) is 40.0. The maximum absolute atomic E-state index is 10.2. The third-order valence-electron chi connectivity index (χ3n) is 11.2. The highest BCUT2D eigenvalue weighted by Crippen LogP contribution is 2.42. The van der Waals surface area contributed by atoms with Gasteiger partial charge in [-0.3, -0.25) is 15.0 Å². The molecule has 2 aliphatic carbocycles. The van der Waals surface area contributed by atoms with Gasteiger partial charge in [-0.1, -0.05) is 23.2 Å². The lowest BCUT2D eigenvalue weighted by Crippen LogP contribution is -2.16. The van der Waals surface area contributed by atoms with Gasteiger partial charge in [-0.15, -0.1) is 0 Å². The van der Waals surface area contributed by atoms with E-state index < -0.39 is 0 Å². The summed E-state index contributed by atoms with van der Waals surface area (Å²) in [6.45, 7) is 15.7. The van der Waals surface area contributed by atoms with Gasteiger partial charge in [0.15, 0.2) is 0 Å². The molecule has 0 atom stereocenters. The maximum Gasteiger partial charge on any atom is 0.224 e. The van der Waals surface area contributed by atoms with Gasteiger partial charge in [0, 0.05) is 56.6 Å². The van der Waals surface area contributed by atoms with Gasteiger partial charge in [0.1, 0.15) is 17.3 Å². The van der Waals surface area contributed by atoms with Crippen LogP contribution in [-0.2, 0) is 4.79 Å². The van der Waals surface area contributed by atoms with Crippen molar-refractivity contribution in [2.24, 2.45) is 5.92 Å². The molecule has 14 heteroatoms. The van der Waals surface area contributed by atoms with Crippen molar-refractivity contribution >= 4 is 39.3 Å². The SMILES string of the molecule is Cc1n[nH]c(C)c1-c1cc(-c2c(C)noc2C)cc(N)c1N.Cc1n[nH]c(C)c1-c1cc(-c2c(C)noc2C)cc2[nH]c(C3CCC3)nc12.O=C(Cl)C1CCC1. The molecule has 0 saturated heterocycles. The molecular formula is C42H49ClN10O3. The minimum atomic E-state index is -0.147. The fourth-order valence-corrected chi connectivity index (χ4v) is 7.91. The Labute approximate surface area is 330 Å². The number of anilines is 2. The largest absolute Gasteiger partial charge is 0.397 e. The second kappa shape index (κ2) is 15.4. The van der Waals surface area contributed by atoms with Crippen LogP contribution >= 0.6 is 11.6 Å². The highest BCUT2D eigenvalue weighted by Gasteiger charge is 2.26. The number of halogens is 1. The van der Waals surface area contributed by atoms with E-state index in [0.717, 1.165) is 120 Å². The number of nitrogens with one attached hydrogen (secondary N) is 3. The van der Waals surface area contributed by atoms with Crippen molar-refractivity contribution in [3.8, 4) is 44.5 Å². The molecule has 9 rings (SSSR count). The second-order valence-corrected chi connectivity index (χ2v) is 15.5. The van der Waals surface area contributed by atoms with Crippen LogP contribution in [0.25, 0.3) is 55.5 Å². The molecule has 7 N–H and O–H groups in total. The van der Waals surface area contributed by atoms with E-state index in [0.29, 0.717) is 17.3 Å². The lowest BCUT2D eigenvalue weighted by molar-refractivity contribution is -0.117. The highest BCUT2D eigenvalue weighted by atomic mass is 35.5. The Kier molecular flexibility index (Phi) is 10.6. The Morgan fingerprint density at radius 1 is 0.696 bits per heavy atom. The van der Waals surface area contributed by atoms with Crippen molar-refractivity contribution in [2.45, 2.75) is 99.8 Å². The summed E-state index contributed by atoms with van der Waals surface area (Å²) in [5.74, 6) is 3.46. The summed E-state index contributed by atoms with van der Waals surface area (Å²) in [6, 6.07) is 8.25. The molecule has 0 amide bonds. The number of nitrogens with zero attached hydrogens (tertiary/aromatic N) is 5. The van der Waals surface area contributed by atoms with E-state index in [4.69, 9.17) is 37.1 Å². The van der Waals surface area contributed by atoms with E-state index in [1.165, 1.54) is 25.7 Å². The van der Waals surface area contributed by atoms with E-state index in [1.54, 1.807) is 0 Å². The predicted molar refractivity (Wildman–Crippen MR) is 220 cm³/mol. The van der Waals surface area contributed by atoms with Crippen LogP contribution in [0.5, 0.6) is 0 Å². The third-order valence-corrected chi connectivity index (χ3v) is 11.5. The number of aromatic amines is 3. The Bertz CT molecular complexity index is 2480. The van der Waals surface area contributed by atoms with Crippen LogP contribution in [0.15, 0.2) is 33.3 Å². The number of rotatable bonds is 6. The molecule has 13 nitrogen and oxygen atoms in total. The average Bonchev–Trinajstić information content (AvgIpc) is 3.90. The van der Waals surface area contributed by atoms with Crippen LogP contribution in [0.3, 0.4) is 0 Å². The summed E-state index contributed by atoms with van der Waals surface area (Å²) in [6.07, 6.45) is 6.94. The highest BCUT2D eigenvalue weighted by molar-refractivity contribution is 6.64. The number of H-pyrrole nitrogens is 3. The second-order valence-electron chi connectivity index (χ2n) is 15.1. The summed E-state index contributed by atoms with van der Waals surface area (Å²) in [5.41, 5.74) is 29.2. The summed E-state index contributed by atoms with van der Waals surface area (Å²) in [5, 5.41) is 22.7. The Morgan fingerprint density at radius 2 is 1.21 bits per heavy atom. The lowest BCUT2D eigenvalue weighted by atomic mass is 9.85. The van der Waals surface area contributed by atoms with E-state index in [-0.39, 0.29) is 11.2 Å². The van der Waals surface area contributed by atoms with E-state index in [2.05, 4.69) is 54.7 Å². The quantitative estimate of drug-likeness (QED) is 0.0798. The maximum atomic E-state index is 10.2. The van der Waals surface area contributed by atoms with E-state index in [1.807, 2.05) is 60.6 Å². The average molecular weight is 777 g/mol. The molecule has 2 saturated carbocycles. The molecule has 0 bridgehead atoms. The van der Waals surface area contributed by atoms with Gasteiger partial charge >= 0.3 is 0 Å². The molecule has 5 heterocycles. The van der Waals surface area contributed by atoms with Crippen molar-refractivity contribution in [2.75, 3.05) is 11.5 Å². The standard InChI is InChI=1S/C21H23N5O.C16H19N5O.C5H7ClO/c1-10-18(11(2)25-24-10)16-8-15(19-12(3)26-27-13(19)4)9-17-20(16)23-21(22-17)14-6-5-7-14;1-7-14(8(2)20-19-7)12-5-11(6-13(17)16(12)18)15-9(3)21-22-10(15)4;6-5(7)4-2-1-3-4/h8-9,14H,5-7H2,1-4H3,(H,22,23)(H,24,25);5-6H,17-18H2,1-4H3,(H,19,20);4H,1-3H2. The zero-order valence-corrected chi connectivity index (χ0v) is 34.0. The van der Waals surface area contributed by atoms with Crippen LogP contribution in [-0.4, -0.2) is 45.9 Å². The summed E-state index contributed by atoms with van der Waals surface area (Å²) in [4.78, 5) is 18.8. The van der Waals surface area contributed by atoms with Crippen molar-refractivity contribution in [3.05, 3.63) is 75.8 Å². The van der Waals surface area contributed by atoms with Gasteiger partial charge in [-0.25, -0.2) is 4.98 Å². The lowest BCUT2D eigenvalue weighted by Gasteiger charge is -2.22. The van der Waals surface area contributed by atoms with Crippen LogP contribution in [0.4, 0.5) is 11.4 Å². The van der Waals surface area contributed by atoms with Gasteiger partial charge in [0.05, 0.1) is 45.2 Å². The number of aryl methyl sites for hydroxylation is 8. The Balaban J connectivity index is 0.000000149. The first-order chi connectivity index (χ1) is 26.7. The number of hydrogen-bond acceptors (Lipinski definition) is 10. The summed E-state index contributed by atoms with van der Waals surface area (Å²) in [7, 11) is 0. The first-order valence-electron chi connectivity index (χ1n) is 19.1. The summed E-state index contributed by atoms with van der Waals surface area (Å²) < 4.78 is 10.7. The van der Waals surface area contributed by atoms with Crippen molar-refractivity contribution in [1.82, 2.24) is 40.7 Å². The van der Waals surface area contributed by atoms with Crippen LogP contribution in [0, 0.1) is 61.3 Å². The number of nitrogen functional groups attached to an aromatic ring is 2. The number of aromatic nitrogens is 8. The van der Waals surface area contributed by atoms with Crippen LogP contribution in [0.1, 0.15) is 96.0 Å². The number of hydrogen-bond donors (Lipinski definition) is 5. The van der Waals surface area contributed by atoms with Crippen molar-refractivity contribution in [1.29, 1.82) is 0 Å². The molecule has 5 aromatic heterocycles. The number of imidazole rings is 1. The molecule has 0 spiro atoms. The molecule has 2 aliphatic rings. The molecule has 2 fully saturated rings. The Hall–Kier alpha value is -5.69. The van der Waals surface area contributed by atoms with E-state index in [9.17, 15) is 4.79 Å². The van der Waals surface area contributed by atoms with Gasteiger partial charge in [0.2, 0.25) is 5.24 Å². The smallest absolute Gasteiger partial charge is 0.224 e. The predicted octanol–water partition coefficient (Wildman–Crippen LogP) is 9.79. The molecule has 2 aromatic carbocycles. The molecule has 56 heavy (non-hydrogen) atoms. The molecule has 0 radical (unpaired) electrons. The normalized spacial score (nSPS) is 14.2. The molecule has 7 aromatic rings. The first-order valence-corrected chi connectivity index (χ1v) is 19.4. The number of fused-ring (bicyclic) bond motifs is 1. The first kappa shape index (κ1) is 38.6. The van der Waals surface area contributed by atoms with Crippen LogP contribution in [0.2, 0.25) is 0 Å². The zero-order valence-electron chi connectivity index (χ0n) is 33.2. The van der Waals surface area contributed by atoms with E-state index >= 15 is 0 Å². The minimum absolute atomic E-state index is 0.147. The van der Waals surface area contributed by atoms with Crippen molar-refractivity contribution in [3.63, 3.8) is 0 Å². The van der Waals surface area contributed by atoms with Gasteiger partial charge in [-0.05, 0) is 128 Å². The topological polar surface area (TPSA) is 207 Å². The minimum Gasteiger partial charge on any atom is -0.397 e. The van der Waals surface area contributed by atoms with Gasteiger partial charge in [-0.2, -0.15) is 10.2 Å². The number of carbonyl (C=O) groups excluding carboxylic acids is 1. The van der Waals surface area contributed by atoms with Gasteiger partial charge < -0.3 is 25.5 Å². The summed E-state index contributed by atoms with van der Waals surface area (Å²) >= 11 is 5.14. The fraction of sp³-hybridized carbons (Fsp3) is 0.381.